The predicted octanol–water partition coefficient (Wildman–Crippen LogP) is 2.23. The van der Waals surface area contributed by atoms with Gasteiger partial charge in [0.2, 0.25) is 17.8 Å². The molecular weight excluding hydrogens is 358 g/mol. The predicted molar refractivity (Wildman–Crippen MR) is 109 cm³/mol. The van der Waals surface area contributed by atoms with Gasteiger partial charge >= 0.3 is 0 Å². The van der Waals surface area contributed by atoms with Crippen LogP contribution in [0.2, 0.25) is 0 Å². The maximum atomic E-state index is 9.97. The van der Waals surface area contributed by atoms with Crippen LogP contribution in [0.3, 0.4) is 0 Å². The minimum Gasteiger partial charge on any atom is -0.507 e. The largest absolute Gasteiger partial charge is 0.507 e. The van der Waals surface area contributed by atoms with E-state index < -0.39 is 0 Å². The Morgan fingerprint density at radius 2 is 1.61 bits per heavy atom. The van der Waals surface area contributed by atoms with Gasteiger partial charge in [0.1, 0.15) is 11.5 Å². The molecule has 0 amide bonds. The van der Waals surface area contributed by atoms with Crippen molar-refractivity contribution in [3.05, 3.63) is 23.8 Å². The number of methoxy groups -OCH3 is 1. The van der Waals surface area contributed by atoms with E-state index in [0.29, 0.717) is 29.2 Å². The molecule has 3 heterocycles. The zero-order chi connectivity index (χ0) is 19.3. The first-order chi connectivity index (χ1) is 13.7. The van der Waals surface area contributed by atoms with Crippen LogP contribution in [0.4, 0.5) is 17.8 Å². The summed E-state index contributed by atoms with van der Waals surface area (Å²) in [6.07, 6.45) is 6.13. The van der Waals surface area contributed by atoms with Crippen molar-refractivity contribution < 1.29 is 9.84 Å². The van der Waals surface area contributed by atoms with E-state index in [1.54, 1.807) is 25.3 Å². The van der Waals surface area contributed by atoms with Crippen molar-refractivity contribution in [1.82, 2.24) is 15.0 Å². The highest BCUT2D eigenvalue weighted by Gasteiger charge is 2.21. The highest BCUT2D eigenvalue weighted by molar-refractivity contribution is 5.84. The molecule has 0 spiro atoms. The van der Waals surface area contributed by atoms with Crippen LogP contribution in [0.25, 0.3) is 0 Å². The molecule has 148 valence electrons. The molecule has 0 aliphatic carbocycles. The molecule has 0 radical (unpaired) electrons. The summed E-state index contributed by atoms with van der Waals surface area (Å²) >= 11 is 0. The van der Waals surface area contributed by atoms with Crippen LogP contribution in [0.1, 0.15) is 31.2 Å². The van der Waals surface area contributed by atoms with Gasteiger partial charge in [0.15, 0.2) is 0 Å². The van der Waals surface area contributed by atoms with Crippen molar-refractivity contribution in [3.63, 3.8) is 0 Å². The van der Waals surface area contributed by atoms with Gasteiger partial charge in [0.25, 0.3) is 0 Å². The van der Waals surface area contributed by atoms with Crippen molar-refractivity contribution in [2.24, 2.45) is 5.10 Å². The summed E-state index contributed by atoms with van der Waals surface area (Å²) in [6, 6.07) is 4.97. The number of aromatic hydroxyl groups is 1. The number of nitrogens with one attached hydrogen (secondary N) is 1. The lowest BCUT2D eigenvalue weighted by atomic mass is 10.2. The topological polar surface area (TPSA) is 99.0 Å². The number of phenols is 1. The first-order valence-electron chi connectivity index (χ1n) is 9.65. The van der Waals surface area contributed by atoms with Crippen LogP contribution in [-0.2, 0) is 0 Å². The molecule has 4 rings (SSSR count). The fourth-order valence-electron chi connectivity index (χ4n) is 3.44. The van der Waals surface area contributed by atoms with Gasteiger partial charge < -0.3 is 19.6 Å². The molecule has 2 saturated heterocycles. The smallest absolute Gasteiger partial charge is 0.250 e. The van der Waals surface area contributed by atoms with Crippen LogP contribution < -0.4 is 20.0 Å². The lowest BCUT2D eigenvalue weighted by Crippen LogP contribution is -2.25. The van der Waals surface area contributed by atoms with Crippen LogP contribution in [0, 0.1) is 0 Å². The minimum atomic E-state index is 0.123. The van der Waals surface area contributed by atoms with Crippen molar-refractivity contribution in [3.8, 4) is 11.5 Å². The summed E-state index contributed by atoms with van der Waals surface area (Å²) in [5.74, 6) is 2.55. The third-order valence-electron chi connectivity index (χ3n) is 4.99. The summed E-state index contributed by atoms with van der Waals surface area (Å²) in [6.45, 7) is 3.85. The molecule has 2 aliphatic heterocycles. The third kappa shape index (κ3) is 4.08. The molecule has 9 nitrogen and oxygen atoms in total. The van der Waals surface area contributed by atoms with Gasteiger partial charge in [-0.2, -0.15) is 20.1 Å². The van der Waals surface area contributed by atoms with Gasteiger partial charge in [-0.25, -0.2) is 5.43 Å². The molecule has 1 aromatic carbocycles. The normalized spacial score (nSPS) is 16.9. The second-order valence-electron chi connectivity index (χ2n) is 6.94. The molecule has 2 aliphatic rings. The van der Waals surface area contributed by atoms with E-state index in [-0.39, 0.29) is 5.75 Å². The number of hydrazone groups is 1. The van der Waals surface area contributed by atoms with Crippen molar-refractivity contribution in [2.75, 3.05) is 48.5 Å². The number of ether oxygens (including phenoxy) is 1. The molecule has 2 fully saturated rings. The number of benzene rings is 1. The fourth-order valence-corrected chi connectivity index (χ4v) is 3.44. The molecule has 0 unspecified atom stereocenters. The Hall–Kier alpha value is -3.10. The van der Waals surface area contributed by atoms with Crippen LogP contribution >= 0.6 is 0 Å². The number of nitrogens with zero attached hydrogens (tertiary/aromatic N) is 6. The average Bonchev–Trinajstić information content (AvgIpc) is 3.43. The van der Waals surface area contributed by atoms with Crippen molar-refractivity contribution in [2.45, 2.75) is 25.7 Å². The maximum Gasteiger partial charge on any atom is 0.250 e. The Kier molecular flexibility index (Phi) is 5.41. The van der Waals surface area contributed by atoms with E-state index in [1.807, 2.05) is 0 Å². The molecule has 9 heteroatoms. The Morgan fingerprint density at radius 3 is 2.18 bits per heavy atom. The summed E-state index contributed by atoms with van der Waals surface area (Å²) in [4.78, 5) is 18.1. The standard InChI is InChI=1S/C19H25N7O2/c1-28-15-6-7-16(27)14(12-15)13-20-24-17-21-18(25-8-2-3-9-25)23-19(22-17)26-10-4-5-11-26/h6-7,12-13,27H,2-5,8-11H2,1H3,(H,21,22,23,24)/b20-13+. The van der Waals surface area contributed by atoms with E-state index >= 15 is 0 Å². The number of anilines is 3. The second-order valence-corrected chi connectivity index (χ2v) is 6.94. The fraction of sp³-hybridized carbons (Fsp3) is 0.474. The number of hydrogen-bond donors (Lipinski definition) is 2. The maximum absolute atomic E-state index is 9.97. The lowest BCUT2D eigenvalue weighted by Gasteiger charge is -2.20. The molecular formula is C19H25N7O2. The second kappa shape index (κ2) is 8.28. The zero-order valence-electron chi connectivity index (χ0n) is 16.0. The third-order valence-corrected chi connectivity index (χ3v) is 4.99. The lowest BCUT2D eigenvalue weighted by molar-refractivity contribution is 0.412. The number of hydrogen-bond acceptors (Lipinski definition) is 9. The summed E-state index contributed by atoms with van der Waals surface area (Å²) in [5.41, 5.74) is 3.43. The van der Waals surface area contributed by atoms with E-state index in [0.717, 1.165) is 51.9 Å². The Bertz CT molecular complexity index is 812. The average molecular weight is 383 g/mol. The first kappa shape index (κ1) is 18.3. The summed E-state index contributed by atoms with van der Waals surface area (Å²) in [5, 5.41) is 14.2. The van der Waals surface area contributed by atoms with E-state index in [1.165, 1.54) is 6.21 Å². The highest BCUT2D eigenvalue weighted by atomic mass is 16.5. The molecule has 0 bridgehead atoms. The van der Waals surface area contributed by atoms with E-state index in [4.69, 9.17) is 4.74 Å². The first-order valence-corrected chi connectivity index (χ1v) is 9.65. The van der Waals surface area contributed by atoms with Gasteiger partial charge in [-0.1, -0.05) is 0 Å². The van der Waals surface area contributed by atoms with Crippen LogP contribution in [0.5, 0.6) is 11.5 Å². The highest BCUT2D eigenvalue weighted by Crippen LogP contribution is 2.23. The molecule has 0 saturated carbocycles. The molecule has 0 atom stereocenters. The van der Waals surface area contributed by atoms with Gasteiger partial charge in [-0.05, 0) is 43.9 Å². The Balaban J connectivity index is 1.56. The van der Waals surface area contributed by atoms with Crippen molar-refractivity contribution >= 4 is 24.1 Å². The quantitative estimate of drug-likeness (QED) is 0.579. The van der Waals surface area contributed by atoms with Gasteiger partial charge in [-0.3, -0.25) is 0 Å². The monoisotopic (exact) mass is 383 g/mol. The molecule has 2 N–H and O–H groups in total. The number of aromatic nitrogens is 3. The van der Waals surface area contributed by atoms with E-state index in [9.17, 15) is 5.11 Å². The van der Waals surface area contributed by atoms with Gasteiger partial charge in [-0.15, -0.1) is 0 Å². The summed E-state index contributed by atoms with van der Waals surface area (Å²) in [7, 11) is 1.58. The number of rotatable bonds is 6. The Morgan fingerprint density at radius 1 is 1.00 bits per heavy atom. The van der Waals surface area contributed by atoms with Crippen LogP contribution in [0.15, 0.2) is 23.3 Å². The molecule has 1 aromatic heterocycles. The molecule has 2 aromatic rings. The number of phenolic OH excluding ortho intramolecular Hbond substituents is 1. The zero-order valence-corrected chi connectivity index (χ0v) is 16.0. The molecule has 28 heavy (non-hydrogen) atoms. The van der Waals surface area contributed by atoms with Crippen LogP contribution in [-0.4, -0.2) is 59.6 Å². The van der Waals surface area contributed by atoms with Crippen molar-refractivity contribution in [1.29, 1.82) is 0 Å². The Labute approximate surface area is 164 Å². The minimum absolute atomic E-state index is 0.123. The van der Waals surface area contributed by atoms with Gasteiger partial charge in [0, 0.05) is 31.7 Å². The summed E-state index contributed by atoms with van der Waals surface area (Å²) < 4.78 is 5.18. The SMILES string of the molecule is COc1ccc(O)c(/C=N/Nc2nc(N3CCCC3)nc(N3CCCC3)n2)c1. The van der Waals surface area contributed by atoms with Gasteiger partial charge in [0.05, 0.1) is 13.3 Å². The van der Waals surface area contributed by atoms with E-state index in [2.05, 4.69) is 35.3 Å².